The van der Waals surface area contributed by atoms with Crippen LogP contribution in [-0.4, -0.2) is 29.2 Å². The molecule has 130 valence electrons. The first kappa shape index (κ1) is 20.4. The van der Waals surface area contributed by atoms with Gasteiger partial charge in [0, 0.05) is 36.6 Å². The molecule has 0 amide bonds. The van der Waals surface area contributed by atoms with Gasteiger partial charge in [-0.25, -0.2) is 0 Å². The third-order valence-electron chi connectivity index (χ3n) is 3.50. The lowest BCUT2D eigenvalue weighted by molar-refractivity contribution is 0.229. The molecule has 0 saturated carbocycles. The van der Waals surface area contributed by atoms with Crippen LogP contribution in [0.4, 0.5) is 5.69 Å². The lowest BCUT2D eigenvalue weighted by atomic mass is 10.0. The van der Waals surface area contributed by atoms with Gasteiger partial charge in [0.25, 0.3) is 0 Å². The van der Waals surface area contributed by atoms with E-state index in [1.165, 1.54) is 11.1 Å². The molecule has 24 heavy (non-hydrogen) atoms. The standard InChI is InChI=1S/C18H24N4O.HI/c1-13-7-14(2)9-17(8-13)22-18(19)21-11-15(12-23)10-16-5-3-4-6-20-16;/h3-9,15,23H,10-12H2,1-2H3,(H3,19,21,22);1H. The minimum Gasteiger partial charge on any atom is -0.396 e. The maximum absolute atomic E-state index is 9.50. The number of nitrogens with two attached hydrogens (primary N) is 1. The van der Waals surface area contributed by atoms with Crippen molar-refractivity contribution in [3.05, 3.63) is 59.4 Å². The number of aromatic nitrogens is 1. The molecule has 1 aromatic heterocycles. The summed E-state index contributed by atoms with van der Waals surface area (Å²) in [7, 11) is 0. The highest BCUT2D eigenvalue weighted by Gasteiger charge is 2.09. The number of nitrogens with one attached hydrogen (secondary N) is 1. The number of aliphatic hydroxyl groups is 1. The number of guanidine groups is 1. The molecule has 0 saturated heterocycles. The quantitative estimate of drug-likeness (QED) is 0.367. The molecule has 0 radical (unpaired) electrons. The fraction of sp³-hybridized carbons (Fsp3) is 0.333. The number of halogens is 1. The summed E-state index contributed by atoms with van der Waals surface area (Å²) in [5.74, 6) is 0.360. The van der Waals surface area contributed by atoms with Gasteiger partial charge in [0.05, 0.1) is 0 Å². The molecule has 1 aromatic carbocycles. The summed E-state index contributed by atoms with van der Waals surface area (Å²) in [4.78, 5) is 8.62. The van der Waals surface area contributed by atoms with Crippen molar-refractivity contribution >= 4 is 35.6 Å². The normalized spacial score (nSPS) is 12.4. The first-order chi connectivity index (χ1) is 11.1. The number of hydrogen-bond acceptors (Lipinski definition) is 3. The van der Waals surface area contributed by atoms with Crippen LogP contribution >= 0.6 is 24.0 Å². The van der Waals surface area contributed by atoms with Crippen LogP contribution in [0.3, 0.4) is 0 Å². The highest BCUT2D eigenvalue weighted by Crippen LogP contribution is 2.13. The van der Waals surface area contributed by atoms with Crippen LogP contribution in [0, 0.1) is 19.8 Å². The largest absolute Gasteiger partial charge is 0.396 e. The van der Waals surface area contributed by atoms with Crippen molar-refractivity contribution in [3.8, 4) is 0 Å². The number of aliphatic hydroxyl groups excluding tert-OH is 1. The fourth-order valence-electron chi connectivity index (χ4n) is 2.46. The monoisotopic (exact) mass is 440 g/mol. The minimum atomic E-state index is 0. The van der Waals surface area contributed by atoms with Gasteiger partial charge < -0.3 is 16.2 Å². The van der Waals surface area contributed by atoms with Gasteiger partial charge in [-0.3, -0.25) is 9.98 Å². The van der Waals surface area contributed by atoms with E-state index in [0.717, 1.165) is 11.4 Å². The summed E-state index contributed by atoms with van der Waals surface area (Å²) in [6.45, 7) is 4.59. The molecule has 2 rings (SSSR count). The van der Waals surface area contributed by atoms with Crippen molar-refractivity contribution < 1.29 is 5.11 Å². The van der Waals surface area contributed by atoms with Crippen LogP contribution in [0.5, 0.6) is 0 Å². The molecule has 1 heterocycles. The van der Waals surface area contributed by atoms with E-state index < -0.39 is 0 Å². The van der Waals surface area contributed by atoms with Crippen molar-refractivity contribution in [2.45, 2.75) is 20.3 Å². The van der Waals surface area contributed by atoms with Crippen molar-refractivity contribution in [1.29, 1.82) is 0 Å². The molecule has 2 aromatic rings. The van der Waals surface area contributed by atoms with Crippen molar-refractivity contribution in [3.63, 3.8) is 0 Å². The molecule has 0 spiro atoms. The molecule has 0 aliphatic rings. The zero-order valence-corrected chi connectivity index (χ0v) is 16.4. The summed E-state index contributed by atoms with van der Waals surface area (Å²) in [5, 5.41) is 12.6. The fourth-order valence-corrected chi connectivity index (χ4v) is 2.46. The molecule has 0 aliphatic carbocycles. The highest BCUT2D eigenvalue weighted by molar-refractivity contribution is 14.0. The van der Waals surface area contributed by atoms with E-state index in [9.17, 15) is 5.11 Å². The Morgan fingerprint density at radius 3 is 2.54 bits per heavy atom. The van der Waals surface area contributed by atoms with E-state index in [4.69, 9.17) is 5.73 Å². The van der Waals surface area contributed by atoms with Crippen molar-refractivity contribution in [2.75, 3.05) is 18.5 Å². The molecule has 5 nitrogen and oxygen atoms in total. The predicted molar refractivity (Wildman–Crippen MR) is 110 cm³/mol. The zero-order valence-electron chi connectivity index (χ0n) is 14.1. The molecule has 0 fully saturated rings. The maximum atomic E-state index is 9.50. The number of nitrogens with zero attached hydrogens (tertiary/aromatic N) is 2. The average Bonchev–Trinajstić information content (AvgIpc) is 2.51. The third-order valence-corrected chi connectivity index (χ3v) is 3.50. The lowest BCUT2D eigenvalue weighted by Crippen LogP contribution is -2.25. The Labute approximate surface area is 160 Å². The van der Waals surface area contributed by atoms with Gasteiger partial charge in [0.1, 0.15) is 0 Å². The van der Waals surface area contributed by atoms with E-state index in [2.05, 4.69) is 21.4 Å². The van der Waals surface area contributed by atoms with Gasteiger partial charge in [-0.15, -0.1) is 24.0 Å². The van der Waals surface area contributed by atoms with Crippen molar-refractivity contribution in [1.82, 2.24) is 4.98 Å². The predicted octanol–water partition coefficient (Wildman–Crippen LogP) is 2.89. The van der Waals surface area contributed by atoms with Crippen LogP contribution in [-0.2, 0) is 6.42 Å². The number of hydrogen-bond donors (Lipinski definition) is 3. The SMILES string of the molecule is Cc1cc(C)cc(NC(N)=NCC(CO)Cc2ccccn2)c1.I. The van der Waals surface area contributed by atoms with Gasteiger partial charge in [-0.2, -0.15) is 0 Å². The maximum Gasteiger partial charge on any atom is 0.193 e. The zero-order chi connectivity index (χ0) is 16.7. The Hall–Kier alpha value is -1.67. The van der Waals surface area contributed by atoms with Crippen LogP contribution in [0.2, 0.25) is 0 Å². The summed E-state index contributed by atoms with van der Waals surface area (Å²) in [5.41, 5.74) is 10.2. The highest BCUT2D eigenvalue weighted by atomic mass is 127. The van der Waals surface area contributed by atoms with Crippen LogP contribution in [0.1, 0.15) is 16.8 Å². The summed E-state index contributed by atoms with van der Waals surface area (Å²) < 4.78 is 0. The third kappa shape index (κ3) is 6.84. The Balaban J connectivity index is 0.00000288. The van der Waals surface area contributed by atoms with Gasteiger partial charge in [-0.05, 0) is 55.7 Å². The smallest absolute Gasteiger partial charge is 0.193 e. The summed E-state index contributed by atoms with van der Waals surface area (Å²) >= 11 is 0. The number of aryl methyl sites for hydroxylation is 2. The second-order valence-electron chi connectivity index (χ2n) is 5.80. The molecule has 1 atom stereocenters. The van der Waals surface area contributed by atoms with Gasteiger partial charge >= 0.3 is 0 Å². The van der Waals surface area contributed by atoms with E-state index in [0.29, 0.717) is 18.9 Å². The Morgan fingerprint density at radius 1 is 1.25 bits per heavy atom. The lowest BCUT2D eigenvalue weighted by Gasteiger charge is -2.12. The van der Waals surface area contributed by atoms with Gasteiger partial charge in [-0.1, -0.05) is 12.1 Å². The van der Waals surface area contributed by atoms with Gasteiger partial charge in [0.15, 0.2) is 5.96 Å². The van der Waals surface area contributed by atoms with E-state index in [-0.39, 0.29) is 36.5 Å². The molecule has 1 unspecified atom stereocenters. The summed E-state index contributed by atoms with van der Waals surface area (Å²) in [6.07, 6.45) is 2.43. The average molecular weight is 440 g/mol. The molecule has 0 bridgehead atoms. The van der Waals surface area contributed by atoms with Crippen LogP contribution < -0.4 is 11.1 Å². The van der Waals surface area contributed by atoms with E-state index in [1.54, 1.807) is 6.20 Å². The number of aliphatic imine (C=N–C) groups is 1. The molecular formula is C18H25IN4O. The van der Waals surface area contributed by atoms with Crippen molar-refractivity contribution in [2.24, 2.45) is 16.6 Å². The van der Waals surface area contributed by atoms with Gasteiger partial charge in [0.2, 0.25) is 0 Å². The van der Waals surface area contributed by atoms with E-state index in [1.807, 2.05) is 44.2 Å². The Kier molecular flexibility index (Phi) is 8.70. The number of benzene rings is 1. The van der Waals surface area contributed by atoms with Crippen LogP contribution in [0.25, 0.3) is 0 Å². The Morgan fingerprint density at radius 2 is 1.96 bits per heavy atom. The number of anilines is 1. The molecule has 6 heteroatoms. The molecular weight excluding hydrogens is 415 g/mol. The molecule has 0 aliphatic heterocycles. The van der Waals surface area contributed by atoms with Crippen LogP contribution in [0.15, 0.2) is 47.6 Å². The summed E-state index contributed by atoms with van der Waals surface area (Å²) in [6, 6.07) is 11.9. The first-order valence-corrected chi connectivity index (χ1v) is 7.73. The minimum absolute atomic E-state index is 0. The number of pyridine rings is 1. The Bertz CT molecular complexity index is 641. The second-order valence-corrected chi connectivity index (χ2v) is 5.80. The van der Waals surface area contributed by atoms with E-state index >= 15 is 0 Å². The second kappa shape index (κ2) is 10.2. The topological polar surface area (TPSA) is 83.5 Å². The first-order valence-electron chi connectivity index (χ1n) is 7.73. The molecule has 4 N–H and O–H groups in total. The number of rotatable bonds is 6.